The van der Waals surface area contributed by atoms with E-state index in [9.17, 15) is 13.0 Å². The van der Waals surface area contributed by atoms with Crippen LogP contribution < -0.4 is 0 Å². The Morgan fingerprint density at radius 2 is 1.50 bits per heavy atom. The van der Waals surface area contributed by atoms with Gasteiger partial charge in [-0.05, 0) is 35.4 Å². The second kappa shape index (κ2) is 5.87. The Morgan fingerprint density at radius 3 is 2.17 bits per heavy atom. The van der Waals surface area contributed by atoms with Crippen LogP contribution in [0.5, 0.6) is 0 Å². The average molecular weight is 266 g/mol. The summed E-state index contributed by atoms with van der Waals surface area (Å²) in [6.07, 6.45) is 0. The van der Waals surface area contributed by atoms with Crippen molar-refractivity contribution < 1.29 is 13.0 Å². The molecule has 2 rings (SSSR count). The van der Waals surface area contributed by atoms with Gasteiger partial charge in [0.25, 0.3) is 0 Å². The standard InChI is InChI=1S/C14H12F2OS/c15-13-6-4-11(5-7-13)9-18(17)10-12-2-1-3-14(16)8-12/h1-8H,9-10H2. The molecule has 0 aromatic heterocycles. The summed E-state index contributed by atoms with van der Waals surface area (Å²) in [5.74, 6) is 0.00676. The van der Waals surface area contributed by atoms with Gasteiger partial charge in [-0.1, -0.05) is 24.3 Å². The summed E-state index contributed by atoms with van der Waals surface area (Å²) >= 11 is 0. The number of benzene rings is 2. The number of hydrogen-bond acceptors (Lipinski definition) is 1. The second-order valence-electron chi connectivity index (χ2n) is 3.98. The highest BCUT2D eigenvalue weighted by Gasteiger charge is 2.04. The predicted molar refractivity (Wildman–Crippen MR) is 68.4 cm³/mol. The van der Waals surface area contributed by atoms with Crippen molar-refractivity contribution in [2.45, 2.75) is 11.5 Å². The maximum Gasteiger partial charge on any atom is 0.123 e. The van der Waals surface area contributed by atoms with E-state index in [2.05, 4.69) is 0 Å². The average Bonchev–Trinajstić information content (AvgIpc) is 2.32. The molecule has 18 heavy (non-hydrogen) atoms. The fraction of sp³-hybridized carbons (Fsp3) is 0.143. The van der Waals surface area contributed by atoms with Crippen LogP contribution >= 0.6 is 0 Å². The Labute approximate surface area is 107 Å². The van der Waals surface area contributed by atoms with Gasteiger partial charge in [-0.25, -0.2) is 8.78 Å². The summed E-state index contributed by atoms with van der Waals surface area (Å²) in [4.78, 5) is 0. The number of hydrogen-bond donors (Lipinski definition) is 0. The molecule has 2 aromatic rings. The Hall–Kier alpha value is -1.55. The first-order chi connectivity index (χ1) is 8.63. The van der Waals surface area contributed by atoms with E-state index < -0.39 is 10.8 Å². The van der Waals surface area contributed by atoms with Gasteiger partial charge in [0.1, 0.15) is 11.6 Å². The maximum absolute atomic E-state index is 12.9. The van der Waals surface area contributed by atoms with Crippen molar-refractivity contribution in [3.05, 3.63) is 71.3 Å². The Bertz CT molecular complexity index is 552. The lowest BCUT2D eigenvalue weighted by molar-refractivity contribution is 0.626. The summed E-state index contributed by atoms with van der Waals surface area (Å²) in [6, 6.07) is 12.0. The van der Waals surface area contributed by atoms with E-state index in [1.807, 2.05) is 0 Å². The number of halogens is 2. The molecule has 0 radical (unpaired) electrons. The van der Waals surface area contributed by atoms with Gasteiger partial charge in [0, 0.05) is 22.3 Å². The van der Waals surface area contributed by atoms with Crippen molar-refractivity contribution in [2.75, 3.05) is 0 Å². The van der Waals surface area contributed by atoms with Gasteiger partial charge >= 0.3 is 0 Å². The van der Waals surface area contributed by atoms with E-state index in [4.69, 9.17) is 0 Å². The van der Waals surface area contributed by atoms with Crippen LogP contribution in [0.4, 0.5) is 8.78 Å². The molecule has 0 bridgehead atoms. The monoisotopic (exact) mass is 266 g/mol. The molecule has 0 N–H and O–H groups in total. The molecule has 0 spiro atoms. The van der Waals surface area contributed by atoms with Gasteiger partial charge < -0.3 is 0 Å². The maximum atomic E-state index is 12.9. The molecule has 0 aliphatic rings. The molecule has 0 aliphatic carbocycles. The first-order valence-electron chi connectivity index (χ1n) is 5.47. The predicted octanol–water partition coefficient (Wildman–Crippen LogP) is 3.41. The van der Waals surface area contributed by atoms with Crippen molar-refractivity contribution in [3.63, 3.8) is 0 Å². The van der Waals surface area contributed by atoms with E-state index in [-0.39, 0.29) is 11.6 Å². The third-order valence-electron chi connectivity index (χ3n) is 2.46. The third kappa shape index (κ3) is 3.74. The molecule has 0 fully saturated rings. The molecule has 1 unspecified atom stereocenters. The third-order valence-corrected chi connectivity index (χ3v) is 3.77. The highest BCUT2D eigenvalue weighted by molar-refractivity contribution is 7.83. The summed E-state index contributed by atoms with van der Waals surface area (Å²) in [5, 5.41) is 0. The zero-order valence-corrected chi connectivity index (χ0v) is 10.4. The summed E-state index contributed by atoms with van der Waals surface area (Å²) in [7, 11) is -1.13. The molecule has 0 aliphatic heterocycles. The van der Waals surface area contributed by atoms with Gasteiger partial charge in [0.15, 0.2) is 0 Å². The van der Waals surface area contributed by atoms with Crippen LogP contribution in [0.15, 0.2) is 48.5 Å². The van der Waals surface area contributed by atoms with Crippen molar-refractivity contribution >= 4 is 10.8 Å². The lowest BCUT2D eigenvalue weighted by atomic mass is 10.2. The molecule has 0 heterocycles. The van der Waals surface area contributed by atoms with E-state index in [0.717, 1.165) is 5.56 Å². The van der Waals surface area contributed by atoms with Crippen LogP contribution in [0.25, 0.3) is 0 Å². The molecule has 0 amide bonds. The minimum absolute atomic E-state index is 0.301. The summed E-state index contributed by atoms with van der Waals surface area (Å²) in [6.45, 7) is 0. The van der Waals surface area contributed by atoms with Crippen molar-refractivity contribution in [3.8, 4) is 0 Å². The van der Waals surface area contributed by atoms with Gasteiger partial charge in [-0.3, -0.25) is 4.21 Å². The normalized spacial score (nSPS) is 12.3. The molecule has 0 saturated heterocycles. The Balaban J connectivity index is 1.98. The highest BCUT2D eigenvalue weighted by atomic mass is 32.2. The number of rotatable bonds is 4. The SMILES string of the molecule is O=S(Cc1ccc(F)cc1)Cc1cccc(F)c1. The van der Waals surface area contributed by atoms with Gasteiger partial charge in [-0.15, -0.1) is 0 Å². The molecular formula is C14H12F2OS. The van der Waals surface area contributed by atoms with Gasteiger partial charge in [0.2, 0.25) is 0 Å². The van der Waals surface area contributed by atoms with E-state index in [0.29, 0.717) is 17.1 Å². The van der Waals surface area contributed by atoms with Crippen LogP contribution in [-0.2, 0) is 22.3 Å². The topological polar surface area (TPSA) is 17.1 Å². The van der Waals surface area contributed by atoms with Crippen LogP contribution in [-0.4, -0.2) is 4.21 Å². The van der Waals surface area contributed by atoms with E-state index in [1.54, 1.807) is 24.3 Å². The Morgan fingerprint density at radius 1 is 0.833 bits per heavy atom. The minimum atomic E-state index is -1.13. The van der Waals surface area contributed by atoms with Crippen LogP contribution in [0.3, 0.4) is 0 Å². The van der Waals surface area contributed by atoms with Crippen LogP contribution in [0, 0.1) is 11.6 Å². The first-order valence-corrected chi connectivity index (χ1v) is 6.96. The van der Waals surface area contributed by atoms with Crippen LogP contribution in [0.1, 0.15) is 11.1 Å². The fourth-order valence-corrected chi connectivity index (χ4v) is 2.85. The highest BCUT2D eigenvalue weighted by Crippen LogP contribution is 2.11. The smallest absolute Gasteiger partial charge is 0.123 e. The van der Waals surface area contributed by atoms with Gasteiger partial charge in [0.05, 0.1) is 0 Å². The molecule has 0 saturated carbocycles. The molecule has 94 valence electrons. The largest absolute Gasteiger partial charge is 0.259 e. The molecule has 4 heteroatoms. The Kier molecular flexibility index (Phi) is 4.20. The quantitative estimate of drug-likeness (QED) is 0.828. The lowest BCUT2D eigenvalue weighted by Crippen LogP contribution is -2.00. The zero-order valence-electron chi connectivity index (χ0n) is 9.61. The first kappa shape index (κ1) is 12.9. The van der Waals surface area contributed by atoms with Crippen molar-refractivity contribution in [1.29, 1.82) is 0 Å². The fourth-order valence-electron chi connectivity index (χ4n) is 1.63. The van der Waals surface area contributed by atoms with Crippen LogP contribution in [0.2, 0.25) is 0 Å². The summed E-state index contributed by atoms with van der Waals surface area (Å²) < 4.78 is 37.5. The molecule has 1 atom stereocenters. The zero-order chi connectivity index (χ0) is 13.0. The van der Waals surface area contributed by atoms with Crippen molar-refractivity contribution in [2.24, 2.45) is 0 Å². The molecular weight excluding hydrogens is 254 g/mol. The summed E-state index contributed by atoms with van der Waals surface area (Å²) in [5.41, 5.74) is 1.52. The van der Waals surface area contributed by atoms with E-state index in [1.165, 1.54) is 24.3 Å². The molecule has 1 nitrogen and oxygen atoms in total. The molecule has 2 aromatic carbocycles. The minimum Gasteiger partial charge on any atom is -0.259 e. The lowest BCUT2D eigenvalue weighted by Gasteiger charge is -2.03. The van der Waals surface area contributed by atoms with Crippen molar-refractivity contribution in [1.82, 2.24) is 0 Å². The second-order valence-corrected chi connectivity index (χ2v) is 5.44. The van der Waals surface area contributed by atoms with E-state index >= 15 is 0 Å². The van der Waals surface area contributed by atoms with Gasteiger partial charge in [-0.2, -0.15) is 0 Å².